The molecule has 3 amide bonds. The van der Waals surface area contributed by atoms with Gasteiger partial charge in [-0.3, -0.25) is 14.4 Å². The number of nitrogens with one attached hydrogen (secondary N) is 3. The average Bonchev–Trinajstić information content (AvgIpc) is 3.15. The Labute approximate surface area is 295 Å². The smallest absolute Gasteiger partial charge is 0.272 e. The lowest BCUT2D eigenvalue weighted by Crippen LogP contribution is -2.30. The molecule has 0 bridgehead atoms. The van der Waals surface area contributed by atoms with E-state index in [1.165, 1.54) is 11.8 Å². The lowest BCUT2D eigenvalue weighted by atomic mass is 10.0. The van der Waals surface area contributed by atoms with Crippen molar-refractivity contribution in [2.45, 2.75) is 17.1 Å². The third-order valence-electron chi connectivity index (χ3n) is 7.78. The summed E-state index contributed by atoms with van der Waals surface area (Å²) in [5.74, 6) is -0.517. The standard InChI is InChI=1S/C42H35N3O4S/c1-2-49-38-26-12-11-25-36(38)44-42(48)39(30-16-5-3-6-17-30)50-34-23-14-22-33(28-34)43-41(47)37(45-40(46)31-18-7-4-8-19-31)27-32-21-13-20-29-15-9-10-24-35(29)32/h3-28,39H,2H2,1H3,(H,43,47)(H,44,48)(H,45,46)/b37-27+. The quantitative estimate of drug-likeness (QED) is 0.0887. The second-order valence-electron chi connectivity index (χ2n) is 11.3. The molecule has 0 aliphatic heterocycles. The Morgan fingerprint density at radius 3 is 2.20 bits per heavy atom. The van der Waals surface area contributed by atoms with Gasteiger partial charge in [-0.25, -0.2) is 0 Å². The molecule has 0 heterocycles. The van der Waals surface area contributed by atoms with Crippen LogP contribution in [-0.4, -0.2) is 24.3 Å². The van der Waals surface area contributed by atoms with Crippen LogP contribution in [0.15, 0.2) is 162 Å². The van der Waals surface area contributed by atoms with Crippen LogP contribution >= 0.6 is 11.8 Å². The van der Waals surface area contributed by atoms with Crippen LogP contribution in [0.5, 0.6) is 5.75 Å². The van der Waals surface area contributed by atoms with E-state index in [0.717, 1.165) is 26.8 Å². The van der Waals surface area contributed by atoms with Crippen molar-refractivity contribution in [3.8, 4) is 5.75 Å². The molecule has 0 aliphatic carbocycles. The maximum absolute atomic E-state index is 13.9. The monoisotopic (exact) mass is 677 g/mol. The third-order valence-corrected chi connectivity index (χ3v) is 9.03. The molecular weight excluding hydrogens is 643 g/mol. The van der Waals surface area contributed by atoms with Gasteiger partial charge in [0, 0.05) is 16.1 Å². The summed E-state index contributed by atoms with van der Waals surface area (Å²) < 4.78 is 5.73. The van der Waals surface area contributed by atoms with Crippen molar-refractivity contribution in [2.24, 2.45) is 0 Å². The maximum Gasteiger partial charge on any atom is 0.272 e. The highest BCUT2D eigenvalue weighted by atomic mass is 32.2. The summed E-state index contributed by atoms with van der Waals surface area (Å²) in [5, 5.41) is 10.2. The van der Waals surface area contributed by atoms with Crippen LogP contribution in [-0.2, 0) is 9.59 Å². The number of carbonyl (C=O) groups is 3. The molecule has 0 aromatic heterocycles. The zero-order valence-corrected chi connectivity index (χ0v) is 28.2. The molecule has 7 nitrogen and oxygen atoms in total. The fourth-order valence-corrected chi connectivity index (χ4v) is 6.49. The molecule has 1 unspecified atom stereocenters. The number of ether oxygens (including phenoxy) is 1. The summed E-state index contributed by atoms with van der Waals surface area (Å²) >= 11 is 1.36. The molecule has 0 fully saturated rings. The number of anilines is 2. The van der Waals surface area contributed by atoms with E-state index in [9.17, 15) is 14.4 Å². The number of amides is 3. The van der Waals surface area contributed by atoms with E-state index in [0.29, 0.717) is 29.3 Å². The SMILES string of the molecule is CCOc1ccccc1NC(=O)C(Sc1cccc(NC(=O)/C(=C\c2cccc3ccccc23)NC(=O)c2ccccc2)c1)c1ccccc1. The molecule has 0 saturated carbocycles. The Balaban J connectivity index is 1.27. The molecule has 0 aliphatic rings. The summed E-state index contributed by atoms with van der Waals surface area (Å²) in [4.78, 5) is 41.7. The molecule has 0 saturated heterocycles. The minimum atomic E-state index is -0.608. The molecule has 6 rings (SSSR count). The predicted octanol–water partition coefficient (Wildman–Crippen LogP) is 9.12. The first-order chi connectivity index (χ1) is 24.5. The van der Waals surface area contributed by atoms with Crippen molar-refractivity contribution < 1.29 is 19.1 Å². The number of para-hydroxylation sites is 2. The molecule has 6 aromatic carbocycles. The van der Waals surface area contributed by atoms with Crippen LogP contribution < -0.4 is 20.7 Å². The van der Waals surface area contributed by atoms with Crippen LogP contribution in [0, 0.1) is 0 Å². The largest absolute Gasteiger partial charge is 0.492 e. The number of carbonyl (C=O) groups excluding carboxylic acids is 3. The van der Waals surface area contributed by atoms with Gasteiger partial charge in [-0.15, -0.1) is 11.8 Å². The number of fused-ring (bicyclic) bond motifs is 1. The van der Waals surface area contributed by atoms with Gasteiger partial charge in [0.05, 0.1) is 12.3 Å². The fourth-order valence-electron chi connectivity index (χ4n) is 5.41. The molecule has 3 N–H and O–H groups in total. The Bertz CT molecular complexity index is 2150. The van der Waals surface area contributed by atoms with Gasteiger partial charge in [0.15, 0.2) is 0 Å². The number of thioether (sulfide) groups is 1. The summed E-state index contributed by atoms with van der Waals surface area (Å²) in [5.41, 5.74) is 3.21. The van der Waals surface area contributed by atoms with Gasteiger partial charge in [-0.2, -0.15) is 0 Å². The summed E-state index contributed by atoms with van der Waals surface area (Å²) in [7, 11) is 0. The molecule has 1 atom stereocenters. The van der Waals surface area contributed by atoms with Crippen molar-refractivity contribution in [2.75, 3.05) is 17.2 Å². The van der Waals surface area contributed by atoms with Crippen molar-refractivity contribution in [1.29, 1.82) is 0 Å². The topological polar surface area (TPSA) is 96.5 Å². The lowest BCUT2D eigenvalue weighted by molar-refractivity contribution is -0.116. The number of rotatable bonds is 12. The van der Waals surface area contributed by atoms with Gasteiger partial charge in [0.2, 0.25) is 5.91 Å². The van der Waals surface area contributed by atoms with E-state index in [4.69, 9.17) is 4.74 Å². The first-order valence-electron chi connectivity index (χ1n) is 16.2. The van der Waals surface area contributed by atoms with Crippen LogP contribution in [0.2, 0.25) is 0 Å². The van der Waals surface area contributed by atoms with Crippen LogP contribution in [0.4, 0.5) is 11.4 Å². The van der Waals surface area contributed by atoms with Crippen molar-refractivity contribution in [3.05, 3.63) is 174 Å². The van der Waals surface area contributed by atoms with E-state index in [1.807, 2.05) is 128 Å². The summed E-state index contributed by atoms with van der Waals surface area (Å²) in [6.07, 6.45) is 1.69. The molecule has 0 spiro atoms. The lowest BCUT2D eigenvalue weighted by Gasteiger charge is -2.19. The van der Waals surface area contributed by atoms with Crippen molar-refractivity contribution in [3.63, 3.8) is 0 Å². The van der Waals surface area contributed by atoms with Gasteiger partial charge < -0.3 is 20.7 Å². The molecular formula is C42H35N3O4S. The normalized spacial score (nSPS) is 11.7. The van der Waals surface area contributed by atoms with E-state index in [-0.39, 0.29) is 11.6 Å². The fraction of sp³-hybridized carbons (Fsp3) is 0.0714. The number of hydrogen-bond acceptors (Lipinski definition) is 5. The van der Waals surface area contributed by atoms with Crippen LogP contribution in [0.25, 0.3) is 16.8 Å². The molecule has 50 heavy (non-hydrogen) atoms. The maximum atomic E-state index is 13.9. The van der Waals surface area contributed by atoms with Crippen LogP contribution in [0.3, 0.4) is 0 Å². The Morgan fingerprint density at radius 1 is 0.720 bits per heavy atom. The summed E-state index contributed by atoms with van der Waals surface area (Å²) in [6, 6.07) is 46.6. The van der Waals surface area contributed by atoms with Crippen molar-refractivity contribution in [1.82, 2.24) is 5.32 Å². The van der Waals surface area contributed by atoms with Crippen LogP contribution in [0.1, 0.15) is 33.7 Å². The number of hydrogen-bond donors (Lipinski definition) is 3. The first kappa shape index (κ1) is 33.8. The van der Waals surface area contributed by atoms with E-state index in [1.54, 1.807) is 36.4 Å². The van der Waals surface area contributed by atoms with E-state index >= 15 is 0 Å². The molecule has 8 heteroatoms. The zero-order valence-electron chi connectivity index (χ0n) is 27.3. The average molecular weight is 678 g/mol. The van der Waals surface area contributed by atoms with Gasteiger partial charge in [-0.1, -0.05) is 109 Å². The van der Waals surface area contributed by atoms with E-state index in [2.05, 4.69) is 16.0 Å². The first-order valence-corrected chi connectivity index (χ1v) is 17.1. The van der Waals surface area contributed by atoms with E-state index < -0.39 is 17.1 Å². The highest BCUT2D eigenvalue weighted by Gasteiger charge is 2.24. The molecule has 6 aromatic rings. The highest BCUT2D eigenvalue weighted by Crippen LogP contribution is 2.38. The molecule has 248 valence electrons. The Hall–Kier alpha value is -6.12. The van der Waals surface area contributed by atoms with Crippen molar-refractivity contribution >= 4 is 57.7 Å². The zero-order chi connectivity index (χ0) is 34.7. The highest BCUT2D eigenvalue weighted by molar-refractivity contribution is 8.00. The minimum Gasteiger partial charge on any atom is -0.492 e. The third kappa shape index (κ3) is 8.47. The molecule has 0 radical (unpaired) electrons. The number of benzene rings is 6. The minimum absolute atomic E-state index is 0.0859. The predicted molar refractivity (Wildman–Crippen MR) is 202 cm³/mol. The Morgan fingerprint density at radius 2 is 1.40 bits per heavy atom. The van der Waals surface area contributed by atoms with Gasteiger partial charge in [-0.05, 0) is 77.4 Å². The second kappa shape index (κ2) is 16.3. The second-order valence-corrected chi connectivity index (χ2v) is 12.4. The van der Waals surface area contributed by atoms with Gasteiger partial charge in [0.25, 0.3) is 11.8 Å². The Kier molecular flexibility index (Phi) is 11.0. The summed E-state index contributed by atoms with van der Waals surface area (Å²) in [6.45, 7) is 2.36. The van der Waals surface area contributed by atoms with Gasteiger partial charge >= 0.3 is 0 Å². The van der Waals surface area contributed by atoms with Gasteiger partial charge in [0.1, 0.15) is 16.7 Å².